The number of non-ortho nitro benzene ring substituents is 4. The summed E-state index contributed by atoms with van der Waals surface area (Å²) in [5.41, 5.74) is 5.57. The van der Waals surface area contributed by atoms with Gasteiger partial charge in [0.2, 0.25) is 0 Å². The van der Waals surface area contributed by atoms with E-state index >= 15 is 0 Å². The Bertz CT molecular complexity index is 2550. The fraction of sp³-hybridized carbons (Fsp3) is 0.0476. The lowest BCUT2D eigenvalue weighted by Gasteiger charge is -2.49. The van der Waals surface area contributed by atoms with Crippen LogP contribution in [-0.2, 0) is 10.8 Å². The predicted octanol–water partition coefficient (Wildman–Crippen LogP) is 9.44. The Morgan fingerprint density at radius 3 is 0.907 bits per heavy atom. The maximum Gasteiger partial charge on any atom is 0.269 e. The summed E-state index contributed by atoms with van der Waals surface area (Å²) in [4.78, 5) is 47.8. The quantitative estimate of drug-likeness (QED) is 0.128. The highest BCUT2D eigenvalue weighted by atomic mass is 16.6. The number of benzene rings is 6. The number of nitrogens with zero attached hydrogens (tertiary/aromatic N) is 4. The van der Waals surface area contributed by atoms with Crippen LogP contribution in [-0.4, -0.2) is 19.7 Å². The minimum atomic E-state index is -1.37. The molecule has 0 radical (unpaired) electrons. The molecule has 10 rings (SSSR count). The summed E-state index contributed by atoms with van der Waals surface area (Å²) >= 11 is 0. The van der Waals surface area contributed by atoms with Crippen molar-refractivity contribution in [3.63, 3.8) is 0 Å². The molecule has 0 saturated heterocycles. The second kappa shape index (κ2) is 10.5. The minimum absolute atomic E-state index is 0.168. The molecule has 2 spiro atoms. The van der Waals surface area contributed by atoms with Gasteiger partial charge in [-0.15, -0.1) is 0 Å². The molecule has 12 heteroatoms. The van der Waals surface area contributed by atoms with Crippen molar-refractivity contribution in [2.75, 3.05) is 0 Å². The first-order valence-corrected chi connectivity index (χ1v) is 16.9. The Balaban J connectivity index is 1.43. The van der Waals surface area contributed by atoms with Crippen LogP contribution in [0.3, 0.4) is 0 Å². The highest BCUT2D eigenvalue weighted by Crippen LogP contribution is 2.69. The van der Waals surface area contributed by atoms with Gasteiger partial charge in [-0.2, -0.15) is 0 Å². The molecule has 0 unspecified atom stereocenters. The van der Waals surface area contributed by atoms with Crippen molar-refractivity contribution in [3.05, 3.63) is 217 Å². The van der Waals surface area contributed by atoms with Gasteiger partial charge in [-0.3, -0.25) is 40.5 Å². The number of nitro groups is 4. The molecule has 0 aliphatic heterocycles. The summed E-state index contributed by atoms with van der Waals surface area (Å²) < 4.78 is 0. The van der Waals surface area contributed by atoms with E-state index in [2.05, 4.69) is 0 Å². The lowest BCUT2D eigenvalue weighted by atomic mass is 9.52. The summed E-state index contributed by atoms with van der Waals surface area (Å²) in [7, 11) is 0. The van der Waals surface area contributed by atoms with E-state index in [1.54, 1.807) is 24.3 Å². The standard InChI is InChI=1S/C42H22N4O8/c47-43(48)25-9-13-29-30-14-10-26(44(49)50)20-36(30)41(35(29)19-25)33-7-3-1-5-23(33)17-39-40(41)18-24-6-2-4-8-34(24)42(39)37-21-27(45(51)52)11-15-31(37)32-16-12-28(46(53)54)22-38(32)42/h1-22H. The number of fused-ring (bicyclic) bond motifs is 17. The van der Waals surface area contributed by atoms with Crippen LogP contribution in [0.15, 0.2) is 132 Å². The number of hydrogen-bond donors (Lipinski definition) is 0. The zero-order chi connectivity index (χ0) is 37.3. The summed E-state index contributed by atoms with van der Waals surface area (Å²) in [6, 6.07) is 33.5. The van der Waals surface area contributed by atoms with Gasteiger partial charge in [-0.25, -0.2) is 0 Å². The third-order valence-corrected chi connectivity index (χ3v) is 11.5. The van der Waals surface area contributed by atoms with E-state index in [9.17, 15) is 40.5 Å². The molecule has 4 aliphatic rings. The van der Waals surface area contributed by atoms with Crippen molar-refractivity contribution in [2.45, 2.75) is 10.8 Å². The molecule has 0 bridgehead atoms. The first-order valence-electron chi connectivity index (χ1n) is 16.9. The molecule has 258 valence electrons. The van der Waals surface area contributed by atoms with Crippen LogP contribution in [0.2, 0.25) is 0 Å². The highest BCUT2D eigenvalue weighted by Gasteiger charge is 2.60. The van der Waals surface area contributed by atoms with Gasteiger partial charge in [0.1, 0.15) is 0 Å². The smallest absolute Gasteiger partial charge is 0.258 e. The Kier molecular flexibility index (Phi) is 6.05. The van der Waals surface area contributed by atoms with E-state index in [0.29, 0.717) is 66.8 Å². The van der Waals surface area contributed by atoms with Crippen LogP contribution in [0.5, 0.6) is 0 Å². The summed E-state index contributed by atoms with van der Waals surface area (Å²) in [5, 5.41) is 49.7. The van der Waals surface area contributed by atoms with Gasteiger partial charge in [0.15, 0.2) is 0 Å². The average Bonchev–Trinajstić information content (AvgIpc) is 3.62. The molecule has 0 amide bonds. The van der Waals surface area contributed by atoms with E-state index in [1.165, 1.54) is 48.5 Å². The van der Waals surface area contributed by atoms with Gasteiger partial charge in [0, 0.05) is 48.5 Å². The summed E-state index contributed by atoms with van der Waals surface area (Å²) in [6.07, 6.45) is 3.98. The predicted molar refractivity (Wildman–Crippen MR) is 199 cm³/mol. The first-order chi connectivity index (χ1) is 26.1. The second-order valence-electron chi connectivity index (χ2n) is 13.7. The largest absolute Gasteiger partial charge is 0.269 e. The highest BCUT2D eigenvalue weighted by molar-refractivity contribution is 6.00. The zero-order valence-corrected chi connectivity index (χ0v) is 27.8. The van der Waals surface area contributed by atoms with Crippen LogP contribution in [0.25, 0.3) is 34.4 Å². The van der Waals surface area contributed by atoms with Gasteiger partial charge in [0.25, 0.3) is 22.7 Å². The summed E-state index contributed by atoms with van der Waals surface area (Å²) in [6.45, 7) is 0. The van der Waals surface area contributed by atoms with E-state index in [0.717, 1.165) is 11.1 Å². The van der Waals surface area contributed by atoms with E-state index in [4.69, 9.17) is 0 Å². The molecule has 6 aromatic carbocycles. The molecule has 0 atom stereocenters. The first kappa shape index (κ1) is 31.2. The van der Waals surface area contributed by atoms with Crippen molar-refractivity contribution < 1.29 is 19.7 Å². The molecule has 6 aromatic rings. The van der Waals surface area contributed by atoms with Crippen molar-refractivity contribution >= 4 is 34.9 Å². The fourth-order valence-corrected chi connectivity index (χ4v) is 9.52. The normalized spacial score (nSPS) is 15.4. The number of rotatable bonds is 4. The topological polar surface area (TPSA) is 173 Å². The zero-order valence-electron chi connectivity index (χ0n) is 27.8. The third kappa shape index (κ3) is 3.70. The van der Waals surface area contributed by atoms with E-state index in [1.807, 2.05) is 60.7 Å². The molecular weight excluding hydrogens is 688 g/mol. The monoisotopic (exact) mass is 710 g/mol. The van der Waals surface area contributed by atoms with E-state index < -0.39 is 30.5 Å². The molecule has 0 fully saturated rings. The molecule has 0 aromatic heterocycles. The van der Waals surface area contributed by atoms with Gasteiger partial charge in [-0.1, -0.05) is 48.5 Å². The molecule has 0 heterocycles. The Labute approximate surface area is 304 Å². The van der Waals surface area contributed by atoms with Crippen LogP contribution in [0.4, 0.5) is 22.7 Å². The Morgan fingerprint density at radius 2 is 0.630 bits per heavy atom. The van der Waals surface area contributed by atoms with Crippen LogP contribution in [0.1, 0.15) is 44.5 Å². The Morgan fingerprint density at radius 1 is 0.352 bits per heavy atom. The molecule has 12 nitrogen and oxygen atoms in total. The lowest BCUT2D eigenvalue weighted by molar-refractivity contribution is -0.385. The SMILES string of the molecule is O=[N+]([O-])c1ccc2c(c1)C1(C3=Cc4ccccc4C4(C3=Cc3ccccc31)c1cc([N+](=O)[O-])ccc1-c1ccc([N+](=O)[O-])cc14)c1cc([N+](=O)[O-])ccc1-2. The lowest BCUT2D eigenvalue weighted by Crippen LogP contribution is -2.42. The third-order valence-electron chi connectivity index (χ3n) is 11.5. The number of allylic oxidation sites excluding steroid dienone is 2. The van der Waals surface area contributed by atoms with Gasteiger partial charge < -0.3 is 0 Å². The van der Waals surface area contributed by atoms with Crippen molar-refractivity contribution in [3.8, 4) is 22.3 Å². The summed E-state index contributed by atoms with van der Waals surface area (Å²) in [5.74, 6) is 0. The van der Waals surface area contributed by atoms with Crippen molar-refractivity contribution in [2.24, 2.45) is 0 Å². The van der Waals surface area contributed by atoms with Crippen molar-refractivity contribution in [1.29, 1.82) is 0 Å². The van der Waals surface area contributed by atoms with E-state index in [-0.39, 0.29) is 22.7 Å². The van der Waals surface area contributed by atoms with Gasteiger partial charge in [-0.05, 0) is 114 Å². The minimum Gasteiger partial charge on any atom is -0.258 e. The van der Waals surface area contributed by atoms with Crippen LogP contribution >= 0.6 is 0 Å². The molecule has 0 saturated carbocycles. The van der Waals surface area contributed by atoms with Gasteiger partial charge in [0.05, 0.1) is 30.5 Å². The maximum absolute atomic E-state index is 12.4. The number of hydrogen-bond acceptors (Lipinski definition) is 8. The maximum atomic E-state index is 12.4. The van der Waals surface area contributed by atoms with Gasteiger partial charge >= 0.3 is 0 Å². The molecule has 54 heavy (non-hydrogen) atoms. The Hall–Kier alpha value is -7.60. The number of nitro benzene ring substituents is 4. The molecular formula is C42H22N4O8. The van der Waals surface area contributed by atoms with Crippen molar-refractivity contribution in [1.82, 2.24) is 0 Å². The van der Waals surface area contributed by atoms with Crippen LogP contribution < -0.4 is 0 Å². The average molecular weight is 711 g/mol. The fourth-order valence-electron chi connectivity index (χ4n) is 9.52. The second-order valence-corrected chi connectivity index (χ2v) is 13.7. The molecule has 0 N–H and O–H groups in total. The molecule has 4 aliphatic carbocycles. The van der Waals surface area contributed by atoms with Crippen LogP contribution in [0, 0.1) is 40.5 Å².